The van der Waals surface area contributed by atoms with Gasteiger partial charge in [0.05, 0.1) is 0 Å². The average molecular weight is 252 g/mol. The lowest BCUT2D eigenvalue weighted by atomic mass is 10.1. The van der Waals surface area contributed by atoms with Gasteiger partial charge in [0, 0.05) is 23.1 Å². The van der Waals surface area contributed by atoms with E-state index in [9.17, 15) is 14.0 Å². The van der Waals surface area contributed by atoms with Crippen molar-refractivity contribution in [1.29, 1.82) is 0 Å². The van der Waals surface area contributed by atoms with E-state index in [4.69, 9.17) is 14.3 Å². The van der Waals surface area contributed by atoms with Gasteiger partial charge in [0.25, 0.3) is 0 Å². The molecule has 0 saturated carbocycles. The van der Waals surface area contributed by atoms with Crippen molar-refractivity contribution < 1.29 is 23.4 Å². The number of ether oxygens (including phenoxy) is 1. The van der Waals surface area contributed by atoms with Gasteiger partial charge in [-0.25, -0.2) is 14.0 Å². The van der Waals surface area contributed by atoms with Gasteiger partial charge in [0.2, 0.25) is 0 Å². The average Bonchev–Trinajstić information content (AvgIpc) is 2.34. The SMILES string of the molecule is O=C(O)COc1ccc2c(CF)cc(=O)oc2c1. The molecule has 1 aromatic carbocycles. The van der Waals surface area contributed by atoms with Crippen molar-refractivity contribution in [3.8, 4) is 5.75 Å². The summed E-state index contributed by atoms with van der Waals surface area (Å²) in [6.45, 7) is -1.28. The summed E-state index contributed by atoms with van der Waals surface area (Å²) in [5, 5.41) is 8.92. The van der Waals surface area contributed by atoms with Gasteiger partial charge in [-0.2, -0.15) is 0 Å². The first kappa shape index (κ1) is 12.1. The van der Waals surface area contributed by atoms with Crippen molar-refractivity contribution >= 4 is 16.9 Å². The number of aliphatic carboxylic acids is 1. The van der Waals surface area contributed by atoms with Crippen molar-refractivity contribution in [2.75, 3.05) is 6.61 Å². The Balaban J connectivity index is 2.45. The van der Waals surface area contributed by atoms with Crippen LogP contribution in [0.25, 0.3) is 11.0 Å². The molecule has 0 aliphatic rings. The molecule has 0 fully saturated rings. The summed E-state index contributed by atoms with van der Waals surface area (Å²) in [6.07, 6.45) is 0. The van der Waals surface area contributed by atoms with Crippen molar-refractivity contribution in [1.82, 2.24) is 0 Å². The second-order valence-electron chi connectivity index (χ2n) is 3.56. The van der Waals surface area contributed by atoms with E-state index in [0.29, 0.717) is 5.39 Å². The molecule has 0 atom stereocenters. The predicted octanol–water partition coefficient (Wildman–Crippen LogP) is 1.73. The number of fused-ring (bicyclic) bond motifs is 1. The maximum Gasteiger partial charge on any atom is 0.341 e. The Morgan fingerprint density at radius 3 is 2.83 bits per heavy atom. The molecule has 1 N–H and O–H groups in total. The molecule has 0 unspecified atom stereocenters. The normalized spacial score (nSPS) is 10.5. The smallest absolute Gasteiger partial charge is 0.341 e. The number of carboxylic acids is 1. The molecule has 1 heterocycles. The van der Waals surface area contributed by atoms with E-state index < -0.39 is 24.9 Å². The number of benzene rings is 1. The van der Waals surface area contributed by atoms with Crippen molar-refractivity contribution in [3.05, 3.63) is 40.2 Å². The molecule has 1 aromatic heterocycles. The van der Waals surface area contributed by atoms with Gasteiger partial charge >= 0.3 is 11.6 Å². The highest BCUT2D eigenvalue weighted by Crippen LogP contribution is 2.23. The maximum atomic E-state index is 12.7. The standard InChI is InChI=1S/C12H9FO5/c13-5-7-3-12(16)18-10-4-8(1-2-9(7)10)17-6-11(14)15/h1-4H,5-6H2,(H,14,15). The third-order valence-electron chi connectivity index (χ3n) is 2.31. The van der Waals surface area contributed by atoms with E-state index in [2.05, 4.69) is 0 Å². The number of halogens is 1. The number of carboxylic acid groups (broad SMARTS) is 1. The third kappa shape index (κ3) is 2.48. The summed E-state index contributed by atoms with van der Waals surface area (Å²) >= 11 is 0. The maximum absolute atomic E-state index is 12.7. The fraction of sp³-hybridized carbons (Fsp3) is 0.167. The molecule has 18 heavy (non-hydrogen) atoms. The first-order chi connectivity index (χ1) is 8.60. The summed E-state index contributed by atoms with van der Waals surface area (Å²) in [7, 11) is 0. The lowest BCUT2D eigenvalue weighted by Gasteiger charge is -2.05. The Bertz CT molecular complexity index is 646. The first-order valence-electron chi connectivity index (χ1n) is 5.07. The molecule has 0 amide bonds. The summed E-state index contributed by atoms with van der Waals surface area (Å²) < 4.78 is 22.5. The largest absolute Gasteiger partial charge is 0.482 e. The van der Waals surface area contributed by atoms with E-state index in [0.717, 1.165) is 6.07 Å². The highest BCUT2D eigenvalue weighted by Gasteiger charge is 2.07. The molecular weight excluding hydrogens is 243 g/mol. The topological polar surface area (TPSA) is 76.7 Å². The van der Waals surface area contributed by atoms with Crippen LogP contribution in [-0.4, -0.2) is 17.7 Å². The number of alkyl halides is 1. The Morgan fingerprint density at radius 1 is 1.39 bits per heavy atom. The second kappa shape index (κ2) is 4.87. The van der Waals surface area contributed by atoms with Crippen LogP contribution in [0.3, 0.4) is 0 Å². The van der Waals surface area contributed by atoms with E-state index in [1.54, 1.807) is 0 Å². The van der Waals surface area contributed by atoms with Crippen molar-refractivity contribution in [2.24, 2.45) is 0 Å². The van der Waals surface area contributed by atoms with Crippen LogP contribution in [0.5, 0.6) is 5.75 Å². The van der Waals surface area contributed by atoms with Crippen LogP contribution in [0.1, 0.15) is 5.56 Å². The van der Waals surface area contributed by atoms with Gasteiger partial charge in [-0.05, 0) is 12.1 Å². The summed E-state index contributed by atoms with van der Waals surface area (Å²) in [5.41, 5.74) is -0.269. The van der Waals surface area contributed by atoms with Crippen LogP contribution < -0.4 is 10.4 Å². The van der Waals surface area contributed by atoms with Crippen LogP contribution >= 0.6 is 0 Å². The van der Waals surface area contributed by atoms with Gasteiger partial charge in [-0.1, -0.05) is 0 Å². The molecule has 0 aliphatic carbocycles. The number of carbonyl (C=O) groups is 1. The fourth-order valence-corrected chi connectivity index (χ4v) is 1.56. The molecule has 0 radical (unpaired) electrons. The van der Waals surface area contributed by atoms with Crippen LogP contribution in [0.4, 0.5) is 4.39 Å². The van der Waals surface area contributed by atoms with Gasteiger partial charge in [0.15, 0.2) is 6.61 Å². The van der Waals surface area contributed by atoms with Gasteiger partial charge < -0.3 is 14.3 Å². The molecular formula is C12H9FO5. The molecule has 6 heteroatoms. The first-order valence-corrected chi connectivity index (χ1v) is 5.07. The summed E-state index contributed by atoms with van der Waals surface area (Å²) in [6, 6.07) is 5.45. The van der Waals surface area contributed by atoms with Crippen LogP contribution in [0.2, 0.25) is 0 Å². The highest BCUT2D eigenvalue weighted by molar-refractivity contribution is 5.81. The van der Waals surface area contributed by atoms with E-state index in [1.165, 1.54) is 18.2 Å². The Kier molecular flexibility index (Phi) is 3.27. The van der Waals surface area contributed by atoms with Gasteiger partial charge in [-0.15, -0.1) is 0 Å². The molecule has 0 aliphatic heterocycles. The third-order valence-corrected chi connectivity index (χ3v) is 2.31. The van der Waals surface area contributed by atoms with Crippen LogP contribution in [-0.2, 0) is 11.5 Å². The highest BCUT2D eigenvalue weighted by atomic mass is 19.1. The Labute approximate surface area is 100 Å². The lowest BCUT2D eigenvalue weighted by Crippen LogP contribution is -2.09. The summed E-state index contributed by atoms with van der Waals surface area (Å²) in [5.74, 6) is -0.877. The molecule has 0 bridgehead atoms. The van der Waals surface area contributed by atoms with Crippen molar-refractivity contribution in [2.45, 2.75) is 6.67 Å². The van der Waals surface area contributed by atoms with Crippen molar-refractivity contribution in [3.63, 3.8) is 0 Å². The fourth-order valence-electron chi connectivity index (χ4n) is 1.56. The van der Waals surface area contributed by atoms with Gasteiger partial charge in [0.1, 0.15) is 18.0 Å². The zero-order chi connectivity index (χ0) is 13.1. The Morgan fingerprint density at radius 2 is 2.17 bits per heavy atom. The minimum absolute atomic E-state index is 0.165. The molecule has 5 nitrogen and oxygen atoms in total. The minimum atomic E-state index is -1.12. The zero-order valence-electron chi connectivity index (χ0n) is 9.18. The Hall–Kier alpha value is -2.37. The predicted molar refractivity (Wildman–Crippen MR) is 60.4 cm³/mol. The van der Waals surface area contributed by atoms with E-state index in [1.807, 2.05) is 0 Å². The summed E-state index contributed by atoms with van der Waals surface area (Å²) in [4.78, 5) is 21.5. The molecule has 0 saturated heterocycles. The minimum Gasteiger partial charge on any atom is -0.482 e. The van der Waals surface area contributed by atoms with E-state index >= 15 is 0 Å². The van der Waals surface area contributed by atoms with Gasteiger partial charge in [-0.3, -0.25) is 0 Å². The number of hydrogen-bond donors (Lipinski definition) is 1. The molecule has 94 valence electrons. The quantitative estimate of drug-likeness (QED) is 0.838. The monoisotopic (exact) mass is 252 g/mol. The number of hydrogen-bond acceptors (Lipinski definition) is 4. The number of rotatable bonds is 4. The molecule has 2 rings (SSSR count). The second-order valence-corrected chi connectivity index (χ2v) is 3.56. The van der Waals surface area contributed by atoms with Crippen LogP contribution in [0.15, 0.2) is 33.5 Å². The lowest BCUT2D eigenvalue weighted by molar-refractivity contribution is -0.139. The molecule has 0 spiro atoms. The molecule has 2 aromatic rings. The zero-order valence-corrected chi connectivity index (χ0v) is 9.18. The van der Waals surface area contributed by atoms with Crippen LogP contribution in [0, 0.1) is 0 Å². The van der Waals surface area contributed by atoms with E-state index in [-0.39, 0.29) is 16.9 Å².